The average Bonchev–Trinajstić information content (AvgIpc) is 3.08. The van der Waals surface area contributed by atoms with E-state index in [1.807, 2.05) is 6.92 Å². The number of aromatic hydroxyl groups is 2. The van der Waals surface area contributed by atoms with Gasteiger partial charge in [-0.25, -0.2) is 0 Å². The van der Waals surface area contributed by atoms with Crippen LogP contribution < -0.4 is 4.74 Å². The van der Waals surface area contributed by atoms with E-state index in [-0.39, 0.29) is 28.3 Å². The van der Waals surface area contributed by atoms with Gasteiger partial charge in [0.1, 0.15) is 5.75 Å². The fraction of sp³-hybridized carbons (Fsp3) is 0.0870. The molecule has 4 aromatic rings. The highest BCUT2D eigenvalue weighted by Gasteiger charge is 2.19. The van der Waals surface area contributed by atoms with Crippen molar-refractivity contribution in [2.45, 2.75) is 6.92 Å². The first kappa shape index (κ1) is 20.7. The lowest BCUT2D eigenvalue weighted by Gasteiger charge is -2.08. The first-order valence-electron chi connectivity index (χ1n) is 9.69. The summed E-state index contributed by atoms with van der Waals surface area (Å²) in [7, 11) is 0. The SMILES string of the molecule is CCOc1ccc(-n2c(O)c3ccc(C(=O)N=NC(=O)c4cccnc4)cc3c2O)cc1. The van der Waals surface area contributed by atoms with E-state index < -0.39 is 11.8 Å². The summed E-state index contributed by atoms with van der Waals surface area (Å²) < 4.78 is 6.66. The molecule has 9 nitrogen and oxygen atoms in total. The highest BCUT2D eigenvalue weighted by Crippen LogP contribution is 2.39. The molecule has 0 aliphatic carbocycles. The highest BCUT2D eigenvalue weighted by atomic mass is 16.5. The number of aromatic nitrogens is 2. The summed E-state index contributed by atoms with van der Waals surface area (Å²) in [4.78, 5) is 28.2. The molecule has 0 saturated carbocycles. The zero-order valence-corrected chi connectivity index (χ0v) is 17.0. The largest absolute Gasteiger partial charge is 0.494 e. The smallest absolute Gasteiger partial charge is 0.297 e. The van der Waals surface area contributed by atoms with Crippen molar-refractivity contribution in [3.63, 3.8) is 0 Å². The van der Waals surface area contributed by atoms with E-state index in [9.17, 15) is 19.8 Å². The molecule has 0 saturated heterocycles. The number of benzene rings is 2. The molecule has 0 spiro atoms. The van der Waals surface area contributed by atoms with E-state index in [2.05, 4.69) is 15.2 Å². The quantitative estimate of drug-likeness (QED) is 0.455. The molecule has 160 valence electrons. The number of hydrogen-bond donors (Lipinski definition) is 2. The van der Waals surface area contributed by atoms with E-state index in [0.29, 0.717) is 23.4 Å². The molecule has 0 aliphatic heterocycles. The summed E-state index contributed by atoms with van der Waals surface area (Å²) in [6, 6.07) is 14.2. The predicted octanol–water partition coefficient (Wildman–Crippen LogP) is 4.27. The summed E-state index contributed by atoms with van der Waals surface area (Å²) in [6.45, 7) is 2.39. The number of rotatable bonds is 5. The second-order valence-corrected chi connectivity index (χ2v) is 6.72. The van der Waals surface area contributed by atoms with E-state index in [0.717, 1.165) is 0 Å². The topological polar surface area (TPSA) is 126 Å². The number of amides is 2. The molecular weight excluding hydrogens is 412 g/mol. The van der Waals surface area contributed by atoms with Crippen LogP contribution in [0.4, 0.5) is 0 Å². The number of pyridine rings is 1. The summed E-state index contributed by atoms with van der Waals surface area (Å²) in [5.74, 6) is -1.24. The van der Waals surface area contributed by atoms with Gasteiger partial charge in [-0.2, -0.15) is 0 Å². The highest BCUT2D eigenvalue weighted by molar-refractivity contribution is 6.03. The van der Waals surface area contributed by atoms with Gasteiger partial charge in [0.25, 0.3) is 11.8 Å². The molecule has 0 unspecified atom stereocenters. The molecule has 4 rings (SSSR count). The molecule has 0 fully saturated rings. The van der Waals surface area contributed by atoms with E-state index >= 15 is 0 Å². The van der Waals surface area contributed by atoms with Crippen LogP contribution in [0.2, 0.25) is 0 Å². The Morgan fingerprint density at radius 2 is 1.62 bits per heavy atom. The van der Waals surface area contributed by atoms with Crippen LogP contribution in [-0.2, 0) is 0 Å². The number of ether oxygens (including phenoxy) is 1. The van der Waals surface area contributed by atoms with Crippen molar-refractivity contribution in [1.29, 1.82) is 0 Å². The minimum Gasteiger partial charge on any atom is -0.494 e. The van der Waals surface area contributed by atoms with Crippen LogP contribution in [0.5, 0.6) is 17.5 Å². The standard InChI is InChI=1S/C23H18N4O5/c1-2-32-17-8-6-16(7-9-17)27-22(30)18-10-5-14(12-19(18)23(27)31)20(28)25-26-21(29)15-4-3-11-24-13-15/h3-13,30-31H,2H2,1H3. The molecule has 0 aliphatic rings. The number of nitrogens with zero attached hydrogens (tertiary/aromatic N) is 4. The minimum absolute atomic E-state index is 0.0966. The zero-order valence-electron chi connectivity index (χ0n) is 17.0. The van der Waals surface area contributed by atoms with Gasteiger partial charge < -0.3 is 14.9 Å². The Labute approximate surface area is 182 Å². The van der Waals surface area contributed by atoms with Gasteiger partial charge in [0.2, 0.25) is 11.8 Å². The van der Waals surface area contributed by atoms with Gasteiger partial charge in [0.05, 0.1) is 17.9 Å². The molecule has 9 heteroatoms. The van der Waals surface area contributed by atoms with Crippen molar-refractivity contribution in [3.05, 3.63) is 78.1 Å². The number of hydrogen-bond acceptors (Lipinski definition) is 6. The Balaban J connectivity index is 1.64. The van der Waals surface area contributed by atoms with Crippen LogP contribution in [-0.4, -0.2) is 38.2 Å². The number of fused-ring (bicyclic) bond motifs is 1. The van der Waals surface area contributed by atoms with Gasteiger partial charge in [0, 0.05) is 28.7 Å². The lowest BCUT2D eigenvalue weighted by Crippen LogP contribution is -1.98. The molecule has 2 heterocycles. The van der Waals surface area contributed by atoms with Gasteiger partial charge in [-0.15, -0.1) is 10.2 Å². The van der Waals surface area contributed by atoms with Crippen LogP contribution >= 0.6 is 0 Å². The summed E-state index contributed by atoms with van der Waals surface area (Å²) in [6.07, 6.45) is 2.83. The fourth-order valence-corrected chi connectivity index (χ4v) is 3.20. The van der Waals surface area contributed by atoms with E-state index in [4.69, 9.17) is 4.74 Å². The van der Waals surface area contributed by atoms with Crippen LogP contribution in [0, 0.1) is 0 Å². The second kappa shape index (κ2) is 8.68. The molecule has 2 aromatic heterocycles. The Bertz CT molecular complexity index is 1330. The van der Waals surface area contributed by atoms with Gasteiger partial charge in [-0.1, -0.05) is 0 Å². The van der Waals surface area contributed by atoms with Crippen LogP contribution in [0.25, 0.3) is 16.5 Å². The molecule has 0 radical (unpaired) electrons. The third kappa shape index (κ3) is 3.91. The average molecular weight is 430 g/mol. The second-order valence-electron chi connectivity index (χ2n) is 6.72. The van der Waals surface area contributed by atoms with Crippen molar-refractivity contribution in [1.82, 2.24) is 9.55 Å². The Kier molecular flexibility index (Phi) is 5.63. The maximum atomic E-state index is 12.4. The lowest BCUT2D eigenvalue weighted by molar-refractivity contribution is 0.0946. The summed E-state index contributed by atoms with van der Waals surface area (Å²) >= 11 is 0. The molecule has 2 aromatic carbocycles. The van der Waals surface area contributed by atoms with Crippen molar-refractivity contribution >= 4 is 22.6 Å². The minimum atomic E-state index is -0.767. The molecule has 2 N–H and O–H groups in total. The maximum absolute atomic E-state index is 12.4. The van der Waals surface area contributed by atoms with Gasteiger partial charge in [0.15, 0.2) is 0 Å². The van der Waals surface area contributed by atoms with Crippen molar-refractivity contribution in [2.75, 3.05) is 6.61 Å². The Morgan fingerprint density at radius 3 is 2.28 bits per heavy atom. The van der Waals surface area contributed by atoms with Gasteiger partial charge in [-0.3, -0.25) is 19.1 Å². The van der Waals surface area contributed by atoms with Crippen LogP contribution in [0.15, 0.2) is 77.2 Å². The Morgan fingerprint density at radius 1 is 0.938 bits per heavy atom. The lowest BCUT2D eigenvalue weighted by atomic mass is 10.1. The molecule has 0 atom stereocenters. The van der Waals surface area contributed by atoms with Crippen molar-refractivity contribution < 1.29 is 24.5 Å². The third-order valence-electron chi connectivity index (χ3n) is 4.72. The van der Waals surface area contributed by atoms with Crippen molar-refractivity contribution in [3.8, 4) is 23.2 Å². The summed E-state index contributed by atoms with van der Waals surface area (Å²) in [5, 5.41) is 28.8. The normalized spacial score (nSPS) is 11.2. The predicted molar refractivity (Wildman–Crippen MR) is 116 cm³/mol. The van der Waals surface area contributed by atoms with Crippen molar-refractivity contribution in [2.24, 2.45) is 10.2 Å². The first-order valence-corrected chi connectivity index (χ1v) is 9.69. The summed E-state index contributed by atoms with van der Waals surface area (Å²) in [5.41, 5.74) is 0.808. The number of carbonyl (C=O) groups is 2. The van der Waals surface area contributed by atoms with Crippen LogP contribution in [0.1, 0.15) is 27.6 Å². The number of azo groups is 1. The molecular formula is C23H18N4O5. The molecule has 0 bridgehead atoms. The zero-order chi connectivity index (χ0) is 22.7. The van der Waals surface area contributed by atoms with Crippen LogP contribution in [0.3, 0.4) is 0 Å². The first-order chi connectivity index (χ1) is 15.5. The van der Waals surface area contributed by atoms with E-state index in [1.165, 1.54) is 41.2 Å². The van der Waals surface area contributed by atoms with Gasteiger partial charge >= 0.3 is 0 Å². The monoisotopic (exact) mass is 430 g/mol. The molecule has 2 amide bonds. The maximum Gasteiger partial charge on any atom is 0.297 e. The Hall–Kier alpha value is -4.53. The number of carbonyl (C=O) groups excluding carboxylic acids is 2. The van der Waals surface area contributed by atoms with E-state index in [1.54, 1.807) is 30.3 Å². The third-order valence-corrected chi connectivity index (χ3v) is 4.72. The van der Waals surface area contributed by atoms with Gasteiger partial charge in [-0.05, 0) is 61.5 Å². The molecule has 32 heavy (non-hydrogen) atoms. The fourth-order valence-electron chi connectivity index (χ4n) is 3.20.